The SMILES string of the molecule is COc1cc(C(=O)Nc2c(-c3ccccn3)c(=O)c3ccccc3n2C)cc(OC)c1OC. The Hall–Kier alpha value is -4.33. The van der Waals surface area contributed by atoms with Crippen LogP contribution in [0.25, 0.3) is 22.2 Å². The number of nitrogens with zero attached hydrogens (tertiary/aromatic N) is 2. The molecule has 33 heavy (non-hydrogen) atoms. The number of amides is 1. The quantitative estimate of drug-likeness (QED) is 0.484. The molecule has 0 aliphatic rings. The third-order valence-corrected chi connectivity index (χ3v) is 5.39. The van der Waals surface area contributed by atoms with E-state index in [0.717, 1.165) is 0 Å². The third kappa shape index (κ3) is 3.87. The molecule has 0 unspecified atom stereocenters. The molecule has 0 aliphatic carbocycles. The largest absolute Gasteiger partial charge is 0.493 e. The van der Waals surface area contributed by atoms with Crippen LogP contribution in [0.1, 0.15) is 10.4 Å². The average Bonchev–Trinajstić information content (AvgIpc) is 2.86. The standard InChI is InChI=1S/C25H23N3O5/c1-28-18-11-6-5-9-16(18)22(29)21(17-10-7-8-12-26-17)24(28)27-25(30)15-13-19(31-2)23(33-4)20(14-15)32-3/h5-14H,1-4H3,(H,27,30). The molecule has 4 aromatic rings. The molecule has 0 radical (unpaired) electrons. The topological polar surface area (TPSA) is 91.7 Å². The smallest absolute Gasteiger partial charge is 0.257 e. The van der Waals surface area contributed by atoms with E-state index in [1.54, 1.807) is 60.3 Å². The molecule has 0 fully saturated rings. The monoisotopic (exact) mass is 445 g/mol. The van der Waals surface area contributed by atoms with Crippen molar-refractivity contribution in [3.8, 4) is 28.5 Å². The highest BCUT2D eigenvalue weighted by Crippen LogP contribution is 2.38. The van der Waals surface area contributed by atoms with Gasteiger partial charge in [0.1, 0.15) is 5.82 Å². The van der Waals surface area contributed by atoms with Crippen LogP contribution in [0, 0.1) is 0 Å². The molecule has 2 heterocycles. The summed E-state index contributed by atoms with van der Waals surface area (Å²) in [6.07, 6.45) is 1.61. The first-order valence-corrected chi connectivity index (χ1v) is 10.1. The molecule has 1 N–H and O–H groups in total. The lowest BCUT2D eigenvalue weighted by molar-refractivity contribution is 0.102. The highest BCUT2D eigenvalue weighted by Gasteiger charge is 2.22. The Morgan fingerprint density at radius 1 is 0.939 bits per heavy atom. The number of pyridine rings is 2. The van der Waals surface area contributed by atoms with Gasteiger partial charge >= 0.3 is 0 Å². The van der Waals surface area contributed by atoms with Gasteiger partial charge in [-0.2, -0.15) is 0 Å². The van der Waals surface area contributed by atoms with Gasteiger partial charge in [-0.25, -0.2) is 0 Å². The predicted molar refractivity (Wildman–Crippen MR) is 126 cm³/mol. The number of ether oxygens (including phenoxy) is 3. The maximum Gasteiger partial charge on any atom is 0.257 e. The van der Waals surface area contributed by atoms with E-state index in [-0.39, 0.29) is 11.0 Å². The number of para-hydroxylation sites is 1. The Bertz CT molecular complexity index is 1370. The highest BCUT2D eigenvalue weighted by atomic mass is 16.5. The van der Waals surface area contributed by atoms with Gasteiger partial charge in [-0.3, -0.25) is 14.6 Å². The number of benzene rings is 2. The molecular formula is C25H23N3O5. The summed E-state index contributed by atoms with van der Waals surface area (Å²) >= 11 is 0. The second kappa shape index (κ2) is 9.04. The molecule has 0 aliphatic heterocycles. The number of nitrogens with one attached hydrogen (secondary N) is 1. The summed E-state index contributed by atoms with van der Waals surface area (Å²) in [4.78, 5) is 31.1. The Kier molecular flexibility index (Phi) is 5.99. The van der Waals surface area contributed by atoms with Gasteiger partial charge < -0.3 is 24.1 Å². The Morgan fingerprint density at radius 3 is 2.21 bits per heavy atom. The van der Waals surface area contributed by atoms with Crippen molar-refractivity contribution in [1.82, 2.24) is 9.55 Å². The lowest BCUT2D eigenvalue weighted by Crippen LogP contribution is -2.22. The second-order valence-electron chi connectivity index (χ2n) is 7.21. The number of carbonyl (C=O) groups excluding carboxylic acids is 1. The molecule has 168 valence electrons. The van der Waals surface area contributed by atoms with Gasteiger partial charge in [-0.05, 0) is 36.4 Å². The van der Waals surface area contributed by atoms with E-state index < -0.39 is 5.91 Å². The maximum absolute atomic E-state index is 13.4. The van der Waals surface area contributed by atoms with Crippen LogP contribution in [0.15, 0.2) is 65.6 Å². The van der Waals surface area contributed by atoms with Crippen molar-refractivity contribution < 1.29 is 19.0 Å². The van der Waals surface area contributed by atoms with Gasteiger partial charge in [0.25, 0.3) is 5.91 Å². The zero-order valence-electron chi connectivity index (χ0n) is 18.7. The van der Waals surface area contributed by atoms with Crippen molar-refractivity contribution in [2.45, 2.75) is 0 Å². The zero-order valence-corrected chi connectivity index (χ0v) is 18.7. The van der Waals surface area contributed by atoms with Crippen LogP contribution in [-0.2, 0) is 7.05 Å². The van der Waals surface area contributed by atoms with Crippen LogP contribution < -0.4 is 25.0 Å². The lowest BCUT2D eigenvalue weighted by Gasteiger charge is -2.18. The zero-order chi connectivity index (χ0) is 23.5. The molecule has 1 amide bonds. The van der Waals surface area contributed by atoms with Gasteiger partial charge in [0.2, 0.25) is 11.2 Å². The van der Waals surface area contributed by atoms with Crippen molar-refractivity contribution >= 4 is 22.6 Å². The fourth-order valence-electron chi connectivity index (χ4n) is 3.78. The molecule has 0 spiro atoms. The van der Waals surface area contributed by atoms with Crippen molar-refractivity contribution in [2.75, 3.05) is 26.6 Å². The molecule has 8 heteroatoms. The number of rotatable bonds is 6. The van der Waals surface area contributed by atoms with E-state index in [1.807, 2.05) is 12.1 Å². The van der Waals surface area contributed by atoms with Gasteiger partial charge in [0.15, 0.2) is 11.5 Å². The molecular weight excluding hydrogens is 422 g/mol. The summed E-state index contributed by atoms with van der Waals surface area (Å²) < 4.78 is 17.8. The lowest BCUT2D eigenvalue weighted by atomic mass is 10.1. The van der Waals surface area contributed by atoms with E-state index in [4.69, 9.17) is 14.2 Å². The molecule has 0 saturated carbocycles. The first-order valence-electron chi connectivity index (χ1n) is 10.1. The summed E-state index contributed by atoms with van der Waals surface area (Å²) in [5.74, 6) is 0.954. The molecule has 0 atom stereocenters. The molecule has 8 nitrogen and oxygen atoms in total. The summed E-state index contributed by atoms with van der Waals surface area (Å²) in [7, 11) is 6.24. The van der Waals surface area contributed by atoms with Crippen LogP contribution in [0.2, 0.25) is 0 Å². The molecule has 2 aromatic carbocycles. The first kappa shape index (κ1) is 21.9. The summed E-state index contributed by atoms with van der Waals surface area (Å²) in [5, 5.41) is 3.43. The highest BCUT2D eigenvalue weighted by molar-refractivity contribution is 6.07. The first-order chi connectivity index (χ1) is 16.0. The number of aryl methyl sites for hydroxylation is 1. The molecule has 0 saturated heterocycles. The molecule has 2 aromatic heterocycles. The number of hydrogen-bond acceptors (Lipinski definition) is 6. The van der Waals surface area contributed by atoms with Crippen molar-refractivity contribution in [3.63, 3.8) is 0 Å². The summed E-state index contributed by atoms with van der Waals surface area (Å²) in [6, 6.07) is 15.6. The number of anilines is 1. The number of hydrogen-bond donors (Lipinski definition) is 1. The Morgan fingerprint density at radius 2 is 1.61 bits per heavy atom. The number of aromatic nitrogens is 2. The Balaban J connectivity index is 1.90. The van der Waals surface area contributed by atoms with E-state index in [2.05, 4.69) is 10.3 Å². The van der Waals surface area contributed by atoms with E-state index in [1.165, 1.54) is 21.3 Å². The minimum Gasteiger partial charge on any atom is -0.493 e. The minimum atomic E-state index is -0.447. The number of carbonyl (C=O) groups is 1. The molecule has 0 bridgehead atoms. The second-order valence-corrected chi connectivity index (χ2v) is 7.21. The fraction of sp³-hybridized carbons (Fsp3) is 0.160. The molecule has 4 rings (SSSR count). The van der Waals surface area contributed by atoms with Crippen molar-refractivity contribution in [3.05, 3.63) is 76.6 Å². The van der Waals surface area contributed by atoms with Crippen LogP contribution in [-0.4, -0.2) is 36.8 Å². The predicted octanol–water partition coefficient (Wildman–Crippen LogP) is 3.88. The van der Waals surface area contributed by atoms with Gasteiger partial charge in [-0.15, -0.1) is 0 Å². The van der Waals surface area contributed by atoms with E-state index >= 15 is 0 Å². The summed E-state index contributed by atoms with van der Waals surface area (Å²) in [5.41, 5.74) is 1.50. The maximum atomic E-state index is 13.4. The van der Waals surface area contributed by atoms with Crippen molar-refractivity contribution in [1.29, 1.82) is 0 Å². The van der Waals surface area contributed by atoms with Gasteiger partial charge in [0.05, 0.1) is 38.1 Å². The van der Waals surface area contributed by atoms with E-state index in [0.29, 0.717) is 45.2 Å². The average molecular weight is 445 g/mol. The number of fused-ring (bicyclic) bond motifs is 1. The van der Waals surface area contributed by atoms with Crippen molar-refractivity contribution in [2.24, 2.45) is 7.05 Å². The van der Waals surface area contributed by atoms with Crippen LogP contribution in [0.4, 0.5) is 5.82 Å². The van der Waals surface area contributed by atoms with Gasteiger partial charge in [-0.1, -0.05) is 18.2 Å². The fourth-order valence-corrected chi connectivity index (χ4v) is 3.78. The Labute approximate surface area is 190 Å². The third-order valence-electron chi connectivity index (χ3n) is 5.39. The summed E-state index contributed by atoms with van der Waals surface area (Å²) in [6.45, 7) is 0. The van der Waals surface area contributed by atoms with E-state index in [9.17, 15) is 9.59 Å². The van der Waals surface area contributed by atoms with Gasteiger partial charge in [0, 0.05) is 24.2 Å². The van der Waals surface area contributed by atoms with Crippen LogP contribution in [0.5, 0.6) is 17.2 Å². The normalized spacial score (nSPS) is 10.7. The van der Waals surface area contributed by atoms with Crippen LogP contribution >= 0.6 is 0 Å². The van der Waals surface area contributed by atoms with Crippen LogP contribution in [0.3, 0.4) is 0 Å². The number of methoxy groups -OCH3 is 3. The minimum absolute atomic E-state index is 0.220.